The molecule has 2 N–H and O–H groups in total. The van der Waals surface area contributed by atoms with E-state index in [1.54, 1.807) is 0 Å². The van der Waals surface area contributed by atoms with E-state index in [4.69, 9.17) is 10.2 Å². The van der Waals surface area contributed by atoms with Crippen molar-refractivity contribution in [2.45, 2.75) is 25.6 Å². The van der Waals surface area contributed by atoms with Gasteiger partial charge in [-0.2, -0.15) is 13.2 Å². The van der Waals surface area contributed by atoms with Crippen LogP contribution < -0.4 is 0 Å². The number of rotatable bonds is 3. The number of aliphatic hydroxyl groups is 1. The van der Waals surface area contributed by atoms with Gasteiger partial charge in [-0.15, -0.1) is 0 Å². The highest BCUT2D eigenvalue weighted by atomic mass is 19.4. The Morgan fingerprint density at radius 2 is 2.12 bits per heavy atom. The quantitative estimate of drug-likeness (QED) is 0.763. The Morgan fingerprint density at radius 1 is 1.56 bits per heavy atom. The van der Waals surface area contributed by atoms with Gasteiger partial charge < -0.3 is 10.2 Å². The molecule has 0 amide bonds. The van der Waals surface area contributed by atoms with Gasteiger partial charge in [-0.05, 0) is 19.9 Å². The Morgan fingerprint density at radius 3 is 2.44 bits per heavy atom. The Bertz CT molecular complexity index is 280. The minimum absolute atomic E-state index is 0.0384. The minimum atomic E-state index is -4.76. The molecule has 1 aliphatic heterocycles. The Hall–Kier alpha value is -0.820. The smallest absolute Gasteiger partial charge is 0.406 e. The third-order valence-electron chi connectivity index (χ3n) is 2.82. The number of alkyl halides is 3. The fourth-order valence-electron chi connectivity index (χ4n) is 1.95. The molecule has 1 rings (SSSR count). The molecule has 1 saturated heterocycles. The van der Waals surface area contributed by atoms with Crippen LogP contribution in [0.2, 0.25) is 0 Å². The Labute approximate surface area is 90.7 Å². The van der Waals surface area contributed by atoms with Gasteiger partial charge in [0.2, 0.25) is 0 Å². The zero-order valence-corrected chi connectivity index (χ0v) is 8.79. The second-order valence-electron chi connectivity index (χ2n) is 4.22. The first-order valence-electron chi connectivity index (χ1n) is 4.89. The molecule has 16 heavy (non-hydrogen) atoms. The second kappa shape index (κ2) is 4.21. The number of aliphatic carboxylic acids is 1. The summed E-state index contributed by atoms with van der Waals surface area (Å²) in [4.78, 5) is 12.1. The van der Waals surface area contributed by atoms with E-state index >= 15 is 0 Å². The molecule has 2 unspecified atom stereocenters. The van der Waals surface area contributed by atoms with Crippen molar-refractivity contribution in [3.8, 4) is 0 Å². The first kappa shape index (κ1) is 13.2. The van der Waals surface area contributed by atoms with Crippen molar-refractivity contribution in [2.75, 3.05) is 19.6 Å². The van der Waals surface area contributed by atoms with Crippen molar-refractivity contribution in [1.82, 2.24) is 4.90 Å². The molecule has 0 saturated carbocycles. The summed E-state index contributed by atoms with van der Waals surface area (Å²) in [6.07, 6.45) is -5.98. The van der Waals surface area contributed by atoms with Crippen molar-refractivity contribution in [3.63, 3.8) is 0 Å². The standard InChI is InChI=1S/C9H14F3NO3/c1-6(14)4-13-3-2-8(5-13,7(15)16)9(10,11)12/h6,14H,2-5H2,1H3,(H,15,16). The predicted molar refractivity (Wildman–Crippen MR) is 48.9 cm³/mol. The summed E-state index contributed by atoms with van der Waals surface area (Å²) in [6.45, 7) is 0.965. The number of β-amino-alcohol motifs (C(OH)–C–C–N with tert-alkyl or cyclic N) is 1. The average molecular weight is 241 g/mol. The largest absolute Gasteiger partial charge is 0.481 e. The molecule has 0 bridgehead atoms. The van der Waals surface area contributed by atoms with Crippen LogP contribution in [0.1, 0.15) is 13.3 Å². The van der Waals surface area contributed by atoms with E-state index in [1.165, 1.54) is 11.8 Å². The summed E-state index contributed by atoms with van der Waals surface area (Å²) < 4.78 is 38.1. The number of carboxylic acids is 1. The van der Waals surface area contributed by atoms with Crippen molar-refractivity contribution in [2.24, 2.45) is 5.41 Å². The monoisotopic (exact) mass is 241 g/mol. The number of likely N-dealkylation sites (tertiary alicyclic amines) is 1. The van der Waals surface area contributed by atoms with Gasteiger partial charge in [-0.3, -0.25) is 9.69 Å². The summed E-state index contributed by atoms with van der Waals surface area (Å²) in [5.74, 6) is -1.84. The lowest BCUT2D eigenvalue weighted by atomic mass is 9.86. The Kier molecular flexibility index (Phi) is 3.49. The first-order valence-corrected chi connectivity index (χ1v) is 4.89. The highest BCUT2D eigenvalue weighted by Gasteiger charge is 2.63. The van der Waals surface area contributed by atoms with Crippen LogP contribution >= 0.6 is 0 Å². The summed E-state index contributed by atoms with van der Waals surface area (Å²) >= 11 is 0. The number of aliphatic hydroxyl groups excluding tert-OH is 1. The van der Waals surface area contributed by atoms with Gasteiger partial charge in [-0.1, -0.05) is 0 Å². The molecule has 0 aliphatic carbocycles. The molecule has 94 valence electrons. The van der Waals surface area contributed by atoms with Gasteiger partial charge in [-0.25, -0.2) is 0 Å². The predicted octanol–water partition coefficient (Wildman–Crippen LogP) is 0.706. The van der Waals surface area contributed by atoms with Gasteiger partial charge in [0.1, 0.15) is 0 Å². The van der Waals surface area contributed by atoms with E-state index in [0.29, 0.717) is 0 Å². The molecule has 2 atom stereocenters. The average Bonchev–Trinajstić information content (AvgIpc) is 2.46. The van der Waals surface area contributed by atoms with Gasteiger partial charge >= 0.3 is 12.1 Å². The molecule has 1 aliphatic rings. The van der Waals surface area contributed by atoms with Crippen LogP contribution in [-0.4, -0.2) is 53.0 Å². The lowest BCUT2D eigenvalue weighted by Crippen LogP contribution is -2.47. The topological polar surface area (TPSA) is 60.8 Å². The fraction of sp³-hybridized carbons (Fsp3) is 0.889. The number of hydrogen-bond donors (Lipinski definition) is 2. The van der Waals surface area contributed by atoms with E-state index in [9.17, 15) is 18.0 Å². The normalized spacial score (nSPS) is 29.3. The molecule has 1 heterocycles. The first-order chi connectivity index (χ1) is 7.19. The van der Waals surface area contributed by atoms with E-state index in [-0.39, 0.29) is 13.1 Å². The number of halogens is 3. The van der Waals surface area contributed by atoms with Crippen molar-refractivity contribution in [1.29, 1.82) is 0 Å². The van der Waals surface area contributed by atoms with Gasteiger partial charge in [0.05, 0.1) is 6.10 Å². The van der Waals surface area contributed by atoms with E-state index in [1.807, 2.05) is 0 Å². The minimum Gasteiger partial charge on any atom is -0.481 e. The second-order valence-corrected chi connectivity index (χ2v) is 4.22. The molecular weight excluding hydrogens is 227 g/mol. The molecule has 1 fully saturated rings. The third-order valence-corrected chi connectivity index (χ3v) is 2.82. The van der Waals surface area contributed by atoms with Crippen molar-refractivity contribution < 1.29 is 28.2 Å². The maximum atomic E-state index is 12.7. The molecule has 0 aromatic rings. The molecule has 7 heteroatoms. The van der Waals surface area contributed by atoms with Gasteiger partial charge in [0.15, 0.2) is 5.41 Å². The van der Waals surface area contributed by atoms with Crippen molar-refractivity contribution >= 4 is 5.97 Å². The zero-order valence-electron chi connectivity index (χ0n) is 8.79. The number of hydrogen-bond acceptors (Lipinski definition) is 3. The van der Waals surface area contributed by atoms with Crippen LogP contribution in [0.3, 0.4) is 0 Å². The Balaban J connectivity index is 2.82. The summed E-state index contributed by atoms with van der Waals surface area (Å²) in [6, 6.07) is 0. The van der Waals surface area contributed by atoms with Crippen LogP contribution in [0.15, 0.2) is 0 Å². The summed E-state index contributed by atoms with van der Waals surface area (Å²) in [5, 5.41) is 17.8. The molecule has 0 aromatic carbocycles. The molecule has 0 spiro atoms. The van der Waals surface area contributed by atoms with Crippen LogP contribution in [0.4, 0.5) is 13.2 Å². The van der Waals surface area contributed by atoms with Crippen LogP contribution in [0, 0.1) is 5.41 Å². The zero-order chi connectivity index (χ0) is 12.6. The van der Waals surface area contributed by atoms with Crippen LogP contribution in [-0.2, 0) is 4.79 Å². The van der Waals surface area contributed by atoms with Gasteiger partial charge in [0.25, 0.3) is 0 Å². The molecular formula is C9H14F3NO3. The fourth-order valence-corrected chi connectivity index (χ4v) is 1.95. The van der Waals surface area contributed by atoms with E-state index in [0.717, 1.165) is 0 Å². The van der Waals surface area contributed by atoms with E-state index < -0.39 is 36.6 Å². The maximum absolute atomic E-state index is 12.7. The number of carboxylic acid groups (broad SMARTS) is 1. The number of carbonyl (C=O) groups is 1. The van der Waals surface area contributed by atoms with Crippen molar-refractivity contribution in [3.05, 3.63) is 0 Å². The molecule has 0 aromatic heterocycles. The molecule has 0 radical (unpaired) electrons. The maximum Gasteiger partial charge on any atom is 0.406 e. The van der Waals surface area contributed by atoms with Gasteiger partial charge in [0, 0.05) is 13.1 Å². The summed E-state index contributed by atoms with van der Waals surface area (Å²) in [7, 11) is 0. The van der Waals surface area contributed by atoms with Crippen LogP contribution in [0.5, 0.6) is 0 Å². The lowest BCUT2D eigenvalue weighted by molar-refractivity contribution is -0.227. The SMILES string of the molecule is CC(O)CN1CCC(C(=O)O)(C(F)(F)F)C1. The summed E-state index contributed by atoms with van der Waals surface area (Å²) in [5.41, 5.74) is -2.68. The number of nitrogens with zero attached hydrogens (tertiary/aromatic N) is 1. The lowest BCUT2D eigenvalue weighted by Gasteiger charge is -2.27. The highest BCUT2D eigenvalue weighted by molar-refractivity contribution is 5.76. The third kappa shape index (κ3) is 2.30. The highest BCUT2D eigenvalue weighted by Crippen LogP contribution is 2.45. The van der Waals surface area contributed by atoms with Crippen LogP contribution in [0.25, 0.3) is 0 Å². The molecule has 4 nitrogen and oxygen atoms in total. The van der Waals surface area contributed by atoms with E-state index in [2.05, 4.69) is 0 Å².